The predicted molar refractivity (Wildman–Crippen MR) is 79.7 cm³/mol. The Bertz CT molecular complexity index is 560. The highest BCUT2D eigenvalue weighted by atomic mass is 16.5. The molecule has 1 aliphatic heterocycles. The van der Waals surface area contributed by atoms with E-state index in [1.165, 1.54) is 12.8 Å². The largest absolute Gasteiger partial charge is 0.337 e. The molecule has 6 heteroatoms. The van der Waals surface area contributed by atoms with Gasteiger partial charge in [0.15, 0.2) is 5.82 Å². The molecule has 1 atom stereocenters. The summed E-state index contributed by atoms with van der Waals surface area (Å²) in [6, 6.07) is -0.0435. The van der Waals surface area contributed by atoms with E-state index in [1.807, 2.05) is 4.90 Å². The Morgan fingerprint density at radius 2 is 1.95 bits per heavy atom. The number of hydrogen-bond acceptors (Lipinski definition) is 5. The average molecular weight is 304 g/mol. The molecule has 2 saturated carbocycles. The fourth-order valence-electron chi connectivity index (χ4n) is 4.05. The van der Waals surface area contributed by atoms with Crippen LogP contribution in [-0.4, -0.2) is 27.5 Å². The molecule has 2 aliphatic carbocycles. The second kappa shape index (κ2) is 5.33. The van der Waals surface area contributed by atoms with Crippen LogP contribution in [0.4, 0.5) is 0 Å². The quantitative estimate of drug-likeness (QED) is 0.925. The molecular weight excluding hydrogens is 280 g/mol. The Kier molecular flexibility index (Phi) is 3.44. The van der Waals surface area contributed by atoms with E-state index >= 15 is 0 Å². The second-order valence-electron chi connectivity index (χ2n) is 7.14. The normalized spacial score (nSPS) is 28.0. The summed E-state index contributed by atoms with van der Waals surface area (Å²) >= 11 is 0. The SMILES string of the molecule is NC1(c2noc(C3CCCN3C(=O)C3CCCC3)n2)CCC1. The summed E-state index contributed by atoms with van der Waals surface area (Å²) in [7, 11) is 0. The van der Waals surface area contributed by atoms with Crippen LogP contribution in [0.5, 0.6) is 0 Å². The fourth-order valence-corrected chi connectivity index (χ4v) is 4.05. The van der Waals surface area contributed by atoms with Crippen LogP contribution in [0.1, 0.15) is 75.5 Å². The van der Waals surface area contributed by atoms with Gasteiger partial charge in [0.1, 0.15) is 6.04 Å². The van der Waals surface area contributed by atoms with Crippen molar-refractivity contribution in [3.63, 3.8) is 0 Å². The molecule has 0 radical (unpaired) electrons. The van der Waals surface area contributed by atoms with Crippen molar-refractivity contribution in [3.05, 3.63) is 11.7 Å². The molecule has 0 spiro atoms. The van der Waals surface area contributed by atoms with Gasteiger partial charge in [-0.1, -0.05) is 18.0 Å². The molecule has 1 aromatic rings. The minimum Gasteiger partial charge on any atom is -0.337 e. The number of hydrogen-bond donors (Lipinski definition) is 1. The topological polar surface area (TPSA) is 85.2 Å². The van der Waals surface area contributed by atoms with Crippen LogP contribution in [-0.2, 0) is 10.3 Å². The van der Waals surface area contributed by atoms with Gasteiger partial charge in [-0.2, -0.15) is 4.98 Å². The van der Waals surface area contributed by atoms with E-state index in [2.05, 4.69) is 10.1 Å². The Hall–Kier alpha value is -1.43. The summed E-state index contributed by atoms with van der Waals surface area (Å²) in [5, 5.41) is 4.10. The summed E-state index contributed by atoms with van der Waals surface area (Å²) in [6.45, 7) is 0.811. The Labute approximate surface area is 130 Å². The molecule has 120 valence electrons. The van der Waals surface area contributed by atoms with Crippen molar-refractivity contribution in [2.24, 2.45) is 11.7 Å². The van der Waals surface area contributed by atoms with Crippen molar-refractivity contribution in [1.82, 2.24) is 15.0 Å². The molecule has 22 heavy (non-hydrogen) atoms. The first-order valence-electron chi connectivity index (χ1n) is 8.61. The van der Waals surface area contributed by atoms with E-state index in [9.17, 15) is 4.79 Å². The number of rotatable bonds is 3. The van der Waals surface area contributed by atoms with Gasteiger partial charge in [0.2, 0.25) is 11.8 Å². The highest BCUT2D eigenvalue weighted by Crippen LogP contribution is 2.39. The van der Waals surface area contributed by atoms with Crippen molar-refractivity contribution in [2.45, 2.75) is 69.4 Å². The third kappa shape index (κ3) is 2.24. The first-order chi connectivity index (χ1) is 10.7. The van der Waals surface area contributed by atoms with Gasteiger partial charge in [0, 0.05) is 12.5 Å². The minimum atomic E-state index is -0.402. The monoisotopic (exact) mass is 304 g/mol. The van der Waals surface area contributed by atoms with Gasteiger partial charge in [0.05, 0.1) is 5.54 Å². The van der Waals surface area contributed by atoms with Crippen LogP contribution in [0.3, 0.4) is 0 Å². The predicted octanol–water partition coefficient (Wildman–Crippen LogP) is 2.26. The zero-order valence-electron chi connectivity index (χ0n) is 13.0. The van der Waals surface area contributed by atoms with Gasteiger partial charge in [0.25, 0.3) is 0 Å². The highest BCUT2D eigenvalue weighted by molar-refractivity contribution is 5.79. The maximum Gasteiger partial charge on any atom is 0.249 e. The Morgan fingerprint density at radius 1 is 1.18 bits per heavy atom. The summed E-state index contributed by atoms with van der Waals surface area (Å²) in [5.74, 6) is 1.69. The Balaban J connectivity index is 1.52. The van der Waals surface area contributed by atoms with Gasteiger partial charge < -0.3 is 15.2 Å². The molecule has 2 N–H and O–H groups in total. The van der Waals surface area contributed by atoms with E-state index in [1.54, 1.807) is 0 Å². The van der Waals surface area contributed by atoms with Crippen molar-refractivity contribution in [3.8, 4) is 0 Å². The second-order valence-corrected chi connectivity index (χ2v) is 7.14. The van der Waals surface area contributed by atoms with Crippen molar-refractivity contribution in [1.29, 1.82) is 0 Å². The van der Waals surface area contributed by atoms with Gasteiger partial charge in [-0.25, -0.2) is 0 Å². The molecule has 4 rings (SSSR count). The lowest BCUT2D eigenvalue weighted by atomic mass is 9.77. The third-order valence-electron chi connectivity index (χ3n) is 5.66. The molecule has 0 aromatic carbocycles. The smallest absolute Gasteiger partial charge is 0.249 e. The van der Waals surface area contributed by atoms with E-state index < -0.39 is 5.54 Å². The summed E-state index contributed by atoms with van der Waals surface area (Å²) < 4.78 is 5.48. The zero-order valence-corrected chi connectivity index (χ0v) is 13.0. The molecule has 1 saturated heterocycles. The lowest BCUT2D eigenvalue weighted by Gasteiger charge is -2.34. The zero-order chi connectivity index (χ0) is 15.2. The van der Waals surface area contributed by atoms with Crippen LogP contribution < -0.4 is 5.73 Å². The standard InChI is InChI=1S/C16H24N4O2/c17-16(8-4-9-16)15-18-13(22-19-15)12-7-3-10-20(12)14(21)11-5-1-2-6-11/h11-12H,1-10,17H2. The molecule has 1 aromatic heterocycles. The van der Waals surface area contributed by atoms with Gasteiger partial charge in [-0.3, -0.25) is 4.79 Å². The van der Waals surface area contributed by atoms with Crippen molar-refractivity contribution < 1.29 is 9.32 Å². The van der Waals surface area contributed by atoms with Gasteiger partial charge in [-0.05, 0) is 44.9 Å². The van der Waals surface area contributed by atoms with E-state index in [4.69, 9.17) is 10.3 Å². The molecule has 1 unspecified atom stereocenters. The summed E-state index contributed by atoms with van der Waals surface area (Å²) in [4.78, 5) is 19.2. The maximum atomic E-state index is 12.7. The number of nitrogens with two attached hydrogens (primary N) is 1. The Morgan fingerprint density at radius 3 is 2.64 bits per heavy atom. The van der Waals surface area contributed by atoms with Crippen molar-refractivity contribution in [2.75, 3.05) is 6.54 Å². The lowest BCUT2D eigenvalue weighted by Crippen LogP contribution is -2.44. The van der Waals surface area contributed by atoms with Crippen LogP contribution in [0.2, 0.25) is 0 Å². The molecule has 1 amide bonds. The maximum absolute atomic E-state index is 12.7. The number of carbonyl (C=O) groups excluding carboxylic acids is 1. The first kappa shape index (κ1) is 14.2. The number of likely N-dealkylation sites (tertiary alicyclic amines) is 1. The fraction of sp³-hybridized carbons (Fsp3) is 0.812. The van der Waals surface area contributed by atoms with Crippen LogP contribution in [0, 0.1) is 5.92 Å². The molecule has 3 fully saturated rings. The summed E-state index contributed by atoms with van der Waals surface area (Å²) in [5.41, 5.74) is 5.86. The number of nitrogens with zero attached hydrogens (tertiary/aromatic N) is 3. The number of carbonyl (C=O) groups is 1. The molecular formula is C16H24N4O2. The van der Waals surface area contributed by atoms with E-state index in [0.29, 0.717) is 11.7 Å². The highest BCUT2D eigenvalue weighted by Gasteiger charge is 2.42. The number of aromatic nitrogens is 2. The van der Waals surface area contributed by atoms with Gasteiger partial charge in [-0.15, -0.1) is 0 Å². The minimum absolute atomic E-state index is 0.0435. The molecule has 3 aliphatic rings. The molecule has 6 nitrogen and oxygen atoms in total. The van der Waals surface area contributed by atoms with Crippen LogP contribution in [0.15, 0.2) is 4.52 Å². The third-order valence-corrected chi connectivity index (χ3v) is 5.66. The van der Waals surface area contributed by atoms with E-state index in [0.717, 1.165) is 51.5 Å². The molecule has 0 bridgehead atoms. The van der Waals surface area contributed by atoms with Crippen LogP contribution in [0.25, 0.3) is 0 Å². The lowest BCUT2D eigenvalue weighted by molar-refractivity contribution is -0.136. The molecule has 2 heterocycles. The van der Waals surface area contributed by atoms with E-state index in [-0.39, 0.29) is 17.9 Å². The average Bonchev–Trinajstić information content (AvgIpc) is 3.23. The van der Waals surface area contributed by atoms with Gasteiger partial charge >= 0.3 is 0 Å². The first-order valence-corrected chi connectivity index (χ1v) is 8.61. The number of amides is 1. The van der Waals surface area contributed by atoms with Crippen LogP contribution >= 0.6 is 0 Å². The summed E-state index contributed by atoms with van der Waals surface area (Å²) in [6.07, 6.45) is 9.29. The van der Waals surface area contributed by atoms with Crippen molar-refractivity contribution >= 4 is 5.91 Å².